The van der Waals surface area contributed by atoms with Gasteiger partial charge in [0.05, 0.1) is 0 Å². The first-order valence-corrected chi connectivity index (χ1v) is 11.5. The molecule has 0 radical (unpaired) electrons. The molecule has 1 saturated carbocycles. The molecule has 1 heterocycles. The van der Waals surface area contributed by atoms with Crippen molar-refractivity contribution in [2.45, 2.75) is 84.1 Å². The molecular weight excluding hydrogens is 410 g/mol. The van der Waals surface area contributed by atoms with Crippen molar-refractivity contribution in [1.82, 2.24) is 15.2 Å². The predicted molar refractivity (Wildman–Crippen MR) is 121 cm³/mol. The Morgan fingerprint density at radius 1 is 1.25 bits per heavy atom. The second-order valence-corrected chi connectivity index (χ2v) is 9.45. The molecule has 0 bridgehead atoms. The molecule has 1 aliphatic carbocycles. The highest BCUT2D eigenvalue weighted by Gasteiger charge is 2.38. The molecule has 0 spiro atoms. The lowest BCUT2D eigenvalue weighted by Gasteiger charge is -2.35. The van der Waals surface area contributed by atoms with Crippen molar-refractivity contribution in [1.29, 1.82) is 0 Å². The fraction of sp³-hybridized carbons (Fsp3) is 0.625. The highest BCUT2D eigenvalue weighted by molar-refractivity contribution is 5.86. The van der Waals surface area contributed by atoms with E-state index in [2.05, 4.69) is 10.3 Å². The number of alkyl carbamates (subject to hydrolysis) is 1. The SMILES string of the molecule is CCCN(C(=O)C(NC(=O)OC(C)(C)C)C1CCCCC1)C(O)c1nc2ccccc2o1. The maximum Gasteiger partial charge on any atom is 0.408 e. The Labute approximate surface area is 189 Å². The minimum absolute atomic E-state index is 0.0149. The Morgan fingerprint density at radius 3 is 2.56 bits per heavy atom. The van der Waals surface area contributed by atoms with Crippen molar-refractivity contribution in [3.8, 4) is 0 Å². The zero-order chi connectivity index (χ0) is 23.3. The third-order valence-corrected chi connectivity index (χ3v) is 5.63. The van der Waals surface area contributed by atoms with Gasteiger partial charge in [0.1, 0.15) is 17.2 Å². The summed E-state index contributed by atoms with van der Waals surface area (Å²) in [7, 11) is 0. The molecule has 2 atom stereocenters. The molecule has 2 amide bonds. The molecular formula is C24H35N3O5. The maximum atomic E-state index is 13.7. The van der Waals surface area contributed by atoms with Gasteiger partial charge in [0.2, 0.25) is 18.0 Å². The van der Waals surface area contributed by atoms with Crippen molar-refractivity contribution in [2.75, 3.05) is 6.54 Å². The summed E-state index contributed by atoms with van der Waals surface area (Å²) < 4.78 is 11.1. The molecule has 2 aromatic rings. The molecule has 0 aliphatic heterocycles. The fourth-order valence-corrected chi connectivity index (χ4v) is 4.19. The molecule has 1 fully saturated rings. The normalized spacial score (nSPS) is 17.0. The number of nitrogens with one attached hydrogen (secondary N) is 1. The van der Waals surface area contributed by atoms with Crippen LogP contribution in [0.15, 0.2) is 28.7 Å². The van der Waals surface area contributed by atoms with Crippen LogP contribution in [0.3, 0.4) is 0 Å². The van der Waals surface area contributed by atoms with Gasteiger partial charge in [-0.3, -0.25) is 4.79 Å². The summed E-state index contributed by atoms with van der Waals surface area (Å²) in [6, 6.07) is 6.42. The van der Waals surface area contributed by atoms with Crippen LogP contribution >= 0.6 is 0 Å². The third-order valence-electron chi connectivity index (χ3n) is 5.63. The number of ether oxygens (including phenoxy) is 1. The number of aliphatic hydroxyl groups excluding tert-OH is 1. The Balaban J connectivity index is 1.86. The summed E-state index contributed by atoms with van der Waals surface area (Å²) in [5.74, 6) is -0.300. The fourth-order valence-electron chi connectivity index (χ4n) is 4.19. The van der Waals surface area contributed by atoms with E-state index in [0.717, 1.165) is 32.1 Å². The highest BCUT2D eigenvalue weighted by atomic mass is 16.6. The number of benzene rings is 1. The predicted octanol–water partition coefficient (Wildman–Crippen LogP) is 4.53. The minimum atomic E-state index is -1.35. The first-order chi connectivity index (χ1) is 15.2. The quantitative estimate of drug-likeness (QED) is 0.607. The van der Waals surface area contributed by atoms with E-state index in [0.29, 0.717) is 24.1 Å². The van der Waals surface area contributed by atoms with E-state index < -0.39 is 24.0 Å². The zero-order valence-electron chi connectivity index (χ0n) is 19.5. The summed E-state index contributed by atoms with van der Waals surface area (Å²) in [6.07, 6.45) is 3.46. The number of nitrogens with zero attached hydrogens (tertiary/aromatic N) is 2. The number of fused-ring (bicyclic) bond motifs is 1. The molecule has 32 heavy (non-hydrogen) atoms. The Hall–Kier alpha value is -2.61. The van der Waals surface area contributed by atoms with Crippen LogP contribution in [0, 0.1) is 5.92 Å². The Kier molecular flexibility index (Phi) is 7.77. The molecule has 1 aromatic carbocycles. The number of rotatable bonds is 7. The number of oxazole rings is 1. The van der Waals surface area contributed by atoms with Crippen molar-refractivity contribution in [3.05, 3.63) is 30.2 Å². The summed E-state index contributed by atoms with van der Waals surface area (Å²) >= 11 is 0. The average molecular weight is 446 g/mol. The van der Waals surface area contributed by atoms with Crippen LogP contribution in [0.1, 0.15) is 78.3 Å². The number of hydrogen-bond donors (Lipinski definition) is 2. The topological polar surface area (TPSA) is 105 Å². The summed E-state index contributed by atoms with van der Waals surface area (Å²) in [5.41, 5.74) is 0.479. The van der Waals surface area contributed by atoms with E-state index in [9.17, 15) is 14.7 Å². The van der Waals surface area contributed by atoms with Crippen molar-refractivity contribution in [3.63, 3.8) is 0 Å². The van der Waals surface area contributed by atoms with Gasteiger partial charge in [0.15, 0.2) is 5.58 Å². The average Bonchev–Trinajstić information content (AvgIpc) is 3.19. The first kappa shape index (κ1) is 24.0. The van der Waals surface area contributed by atoms with Crippen LogP contribution in [0.4, 0.5) is 4.79 Å². The second kappa shape index (κ2) is 10.3. The van der Waals surface area contributed by atoms with Crippen LogP contribution in [-0.4, -0.2) is 45.2 Å². The Bertz CT molecular complexity index is 881. The zero-order valence-corrected chi connectivity index (χ0v) is 19.5. The van der Waals surface area contributed by atoms with E-state index in [1.54, 1.807) is 32.9 Å². The van der Waals surface area contributed by atoms with Crippen LogP contribution in [-0.2, 0) is 9.53 Å². The van der Waals surface area contributed by atoms with E-state index >= 15 is 0 Å². The van der Waals surface area contributed by atoms with Crippen molar-refractivity contribution in [2.24, 2.45) is 5.92 Å². The lowest BCUT2D eigenvalue weighted by Crippen LogP contribution is -2.54. The molecule has 1 aliphatic rings. The third kappa shape index (κ3) is 6.00. The van der Waals surface area contributed by atoms with E-state index in [1.807, 2.05) is 19.1 Å². The van der Waals surface area contributed by atoms with E-state index in [1.165, 1.54) is 4.90 Å². The van der Waals surface area contributed by atoms with Crippen molar-refractivity contribution >= 4 is 23.1 Å². The van der Waals surface area contributed by atoms with E-state index in [4.69, 9.17) is 9.15 Å². The van der Waals surface area contributed by atoms with Gasteiger partial charge in [0, 0.05) is 6.54 Å². The minimum Gasteiger partial charge on any atom is -0.444 e. The van der Waals surface area contributed by atoms with Crippen LogP contribution in [0.5, 0.6) is 0 Å². The lowest BCUT2D eigenvalue weighted by atomic mass is 9.83. The monoisotopic (exact) mass is 445 g/mol. The summed E-state index contributed by atoms with van der Waals surface area (Å²) in [4.78, 5) is 32.0. The van der Waals surface area contributed by atoms with Crippen LogP contribution < -0.4 is 5.32 Å². The molecule has 8 heteroatoms. The van der Waals surface area contributed by atoms with Crippen LogP contribution in [0.2, 0.25) is 0 Å². The van der Waals surface area contributed by atoms with Gasteiger partial charge < -0.3 is 24.5 Å². The Morgan fingerprint density at radius 2 is 1.94 bits per heavy atom. The van der Waals surface area contributed by atoms with E-state index in [-0.39, 0.29) is 17.7 Å². The molecule has 8 nitrogen and oxygen atoms in total. The molecule has 0 saturated heterocycles. The lowest BCUT2D eigenvalue weighted by molar-refractivity contribution is -0.147. The van der Waals surface area contributed by atoms with Crippen molar-refractivity contribution < 1.29 is 23.8 Å². The number of para-hydroxylation sites is 2. The molecule has 176 valence electrons. The number of hydrogen-bond acceptors (Lipinski definition) is 6. The van der Waals surface area contributed by atoms with Gasteiger partial charge in [-0.2, -0.15) is 0 Å². The number of aromatic nitrogens is 1. The number of amides is 2. The van der Waals surface area contributed by atoms with Gasteiger partial charge in [-0.15, -0.1) is 0 Å². The number of carbonyl (C=O) groups excluding carboxylic acids is 2. The summed E-state index contributed by atoms with van der Waals surface area (Å²) in [5, 5.41) is 13.9. The van der Waals surface area contributed by atoms with Gasteiger partial charge in [-0.1, -0.05) is 38.3 Å². The number of carbonyl (C=O) groups is 2. The molecule has 2 N–H and O–H groups in total. The smallest absolute Gasteiger partial charge is 0.408 e. The van der Waals surface area contributed by atoms with Gasteiger partial charge >= 0.3 is 6.09 Å². The van der Waals surface area contributed by atoms with Gasteiger partial charge in [-0.25, -0.2) is 9.78 Å². The van der Waals surface area contributed by atoms with Gasteiger partial charge in [0.25, 0.3) is 0 Å². The largest absolute Gasteiger partial charge is 0.444 e. The van der Waals surface area contributed by atoms with Crippen LogP contribution in [0.25, 0.3) is 11.1 Å². The molecule has 3 rings (SSSR count). The summed E-state index contributed by atoms with van der Waals surface area (Å²) in [6.45, 7) is 7.58. The first-order valence-electron chi connectivity index (χ1n) is 11.5. The number of aliphatic hydroxyl groups is 1. The standard InChI is InChI=1S/C24H35N3O5/c1-5-15-27(22(29)20-25-17-13-9-10-14-18(17)31-20)21(28)19(16-11-7-6-8-12-16)26-23(30)32-24(2,3)4/h9-10,13-14,16,19,22,29H,5-8,11-12,15H2,1-4H3,(H,26,30). The van der Waals surface area contributed by atoms with Gasteiger partial charge in [-0.05, 0) is 58.1 Å². The second-order valence-electron chi connectivity index (χ2n) is 9.45. The molecule has 1 aromatic heterocycles. The highest BCUT2D eigenvalue weighted by Crippen LogP contribution is 2.30. The maximum absolute atomic E-state index is 13.7. The molecule has 2 unspecified atom stereocenters.